The van der Waals surface area contributed by atoms with Gasteiger partial charge in [-0.05, 0) is 51.3 Å². The predicted molar refractivity (Wildman–Crippen MR) is 104 cm³/mol. The van der Waals surface area contributed by atoms with Crippen molar-refractivity contribution in [3.8, 4) is 0 Å². The topological polar surface area (TPSA) is 59.8 Å². The Balaban J connectivity index is 1.77. The van der Waals surface area contributed by atoms with Crippen LogP contribution in [0.1, 0.15) is 52.3 Å². The number of aromatic nitrogens is 3. The number of aryl methyl sites for hydroxylation is 5. The SMILES string of the molecule is Cc1ccc(NC(=O)c2cc(C)nc3c2nc2n3CCCCC2)c(C)c1. The Morgan fingerprint density at radius 2 is 1.92 bits per heavy atom. The molecule has 0 saturated heterocycles. The molecular weight excluding hydrogens is 324 g/mol. The number of rotatable bonds is 2. The highest BCUT2D eigenvalue weighted by Crippen LogP contribution is 2.25. The van der Waals surface area contributed by atoms with Crippen LogP contribution in [0.2, 0.25) is 0 Å². The minimum Gasteiger partial charge on any atom is -0.322 e. The van der Waals surface area contributed by atoms with Crippen LogP contribution in [-0.2, 0) is 13.0 Å². The van der Waals surface area contributed by atoms with Crippen LogP contribution < -0.4 is 5.32 Å². The van der Waals surface area contributed by atoms with Crippen molar-refractivity contribution < 1.29 is 4.79 Å². The number of carbonyl (C=O) groups excluding carboxylic acids is 1. The second kappa shape index (κ2) is 6.56. The number of benzene rings is 1. The van der Waals surface area contributed by atoms with Crippen LogP contribution in [0.25, 0.3) is 11.2 Å². The molecule has 1 N–H and O–H groups in total. The van der Waals surface area contributed by atoms with Crippen molar-refractivity contribution in [2.24, 2.45) is 0 Å². The highest BCUT2D eigenvalue weighted by molar-refractivity contribution is 6.11. The van der Waals surface area contributed by atoms with E-state index < -0.39 is 0 Å². The van der Waals surface area contributed by atoms with Crippen LogP contribution in [0.15, 0.2) is 24.3 Å². The van der Waals surface area contributed by atoms with Crippen LogP contribution in [0.5, 0.6) is 0 Å². The Morgan fingerprint density at radius 1 is 1.08 bits per heavy atom. The zero-order chi connectivity index (χ0) is 18.3. The van der Waals surface area contributed by atoms with Gasteiger partial charge in [-0.2, -0.15) is 0 Å². The zero-order valence-electron chi connectivity index (χ0n) is 15.6. The van der Waals surface area contributed by atoms with Crippen molar-refractivity contribution in [2.75, 3.05) is 5.32 Å². The number of pyridine rings is 1. The number of fused-ring (bicyclic) bond motifs is 3. The molecule has 3 heterocycles. The fourth-order valence-electron chi connectivity index (χ4n) is 3.73. The summed E-state index contributed by atoms with van der Waals surface area (Å²) in [7, 11) is 0. The van der Waals surface area contributed by atoms with Crippen molar-refractivity contribution >= 4 is 22.8 Å². The third-order valence-electron chi connectivity index (χ3n) is 5.07. The van der Waals surface area contributed by atoms with Gasteiger partial charge in [0.2, 0.25) is 0 Å². The minimum absolute atomic E-state index is 0.124. The Bertz CT molecular complexity index is 1000. The molecule has 0 saturated carbocycles. The second-order valence-corrected chi connectivity index (χ2v) is 7.25. The molecule has 1 amide bonds. The monoisotopic (exact) mass is 348 g/mol. The predicted octanol–water partition coefficient (Wildman–Crippen LogP) is 4.34. The molecule has 0 bridgehead atoms. The molecule has 3 aromatic rings. The van der Waals surface area contributed by atoms with Crippen molar-refractivity contribution in [3.63, 3.8) is 0 Å². The van der Waals surface area contributed by atoms with E-state index in [9.17, 15) is 4.79 Å². The summed E-state index contributed by atoms with van der Waals surface area (Å²) in [5.74, 6) is 0.928. The number of anilines is 1. The summed E-state index contributed by atoms with van der Waals surface area (Å²) in [6.07, 6.45) is 4.45. The van der Waals surface area contributed by atoms with E-state index in [4.69, 9.17) is 9.97 Å². The van der Waals surface area contributed by atoms with Crippen LogP contribution in [0.4, 0.5) is 5.69 Å². The van der Waals surface area contributed by atoms with Gasteiger partial charge in [0.1, 0.15) is 11.3 Å². The average molecular weight is 348 g/mol. The molecule has 1 aliphatic rings. The number of nitrogens with zero attached hydrogens (tertiary/aromatic N) is 3. The summed E-state index contributed by atoms with van der Waals surface area (Å²) >= 11 is 0. The molecule has 134 valence electrons. The summed E-state index contributed by atoms with van der Waals surface area (Å²) in [4.78, 5) is 22.5. The first-order valence-electron chi connectivity index (χ1n) is 9.28. The van der Waals surface area contributed by atoms with Crippen molar-refractivity contribution in [1.29, 1.82) is 0 Å². The van der Waals surface area contributed by atoms with Crippen molar-refractivity contribution in [1.82, 2.24) is 14.5 Å². The van der Waals surface area contributed by atoms with E-state index >= 15 is 0 Å². The fourth-order valence-corrected chi connectivity index (χ4v) is 3.73. The third-order valence-corrected chi connectivity index (χ3v) is 5.07. The second-order valence-electron chi connectivity index (χ2n) is 7.25. The maximum Gasteiger partial charge on any atom is 0.258 e. The van der Waals surface area contributed by atoms with Crippen molar-refractivity contribution in [3.05, 3.63) is 52.5 Å². The van der Waals surface area contributed by atoms with E-state index in [0.717, 1.165) is 59.7 Å². The first kappa shape index (κ1) is 16.8. The van der Waals surface area contributed by atoms with Gasteiger partial charge in [0.05, 0.1) is 5.56 Å². The summed E-state index contributed by atoms with van der Waals surface area (Å²) in [6.45, 7) is 6.92. The molecule has 26 heavy (non-hydrogen) atoms. The van der Waals surface area contributed by atoms with Gasteiger partial charge < -0.3 is 9.88 Å². The molecule has 0 radical (unpaired) electrons. The largest absolute Gasteiger partial charge is 0.322 e. The Kier molecular flexibility index (Phi) is 4.23. The van der Waals surface area contributed by atoms with E-state index in [1.54, 1.807) is 0 Å². The van der Waals surface area contributed by atoms with Crippen LogP contribution in [-0.4, -0.2) is 20.4 Å². The van der Waals surface area contributed by atoms with Gasteiger partial charge in [-0.3, -0.25) is 4.79 Å². The molecule has 5 heteroatoms. The molecule has 0 unspecified atom stereocenters. The van der Waals surface area contributed by atoms with E-state index in [-0.39, 0.29) is 5.91 Å². The summed E-state index contributed by atoms with van der Waals surface area (Å²) in [5, 5.41) is 3.05. The normalized spacial score (nSPS) is 14.1. The first-order chi connectivity index (χ1) is 12.5. The molecular formula is C21H24N4O. The van der Waals surface area contributed by atoms with E-state index in [1.165, 1.54) is 12.0 Å². The lowest BCUT2D eigenvalue weighted by Crippen LogP contribution is -2.14. The number of carbonyl (C=O) groups is 1. The summed E-state index contributed by atoms with van der Waals surface area (Å²) < 4.78 is 2.20. The molecule has 5 nitrogen and oxygen atoms in total. The molecule has 1 aromatic carbocycles. The van der Waals surface area contributed by atoms with Gasteiger partial charge in [-0.25, -0.2) is 9.97 Å². The number of hydrogen-bond acceptors (Lipinski definition) is 3. The van der Waals surface area contributed by atoms with E-state index in [2.05, 4.69) is 16.0 Å². The molecule has 4 rings (SSSR count). The van der Waals surface area contributed by atoms with Crippen LogP contribution >= 0.6 is 0 Å². The Hall–Kier alpha value is -2.69. The standard InChI is InChI=1S/C21H24N4O/c1-13-8-9-17(14(2)11-13)23-21(26)16-12-15(3)22-20-19(16)24-18-7-5-4-6-10-25(18)20/h8-9,11-12H,4-7,10H2,1-3H3,(H,23,26). The average Bonchev–Trinajstić information content (AvgIpc) is 2.78. The Morgan fingerprint density at radius 3 is 2.73 bits per heavy atom. The van der Waals surface area contributed by atoms with Crippen LogP contribution in [0, 0.1) is 20.8 Å². The van der Waals surface area contributed by atoms with E-state index in [1.807, 2.05) is 39.0 Å². The number of imidazole rings is 1. The lowest BCUT2D eigenvalue weighted by atomic mass is 10.1. The summed E-state index contributed by atoms with van der Waals surface area (Å²) in [6, 6.07) is 7.88. The number of amides is 1. The van der Waals surface area contributed by atoms with Gasteiger partial charge in [-0.15, -0.1) is 0 Å². The van der Waals surface area contributed by atoms with E-state index in [0.29, 0.717) is 5.56 Å². The molecule has 2 aromatic heterocycles. The third kappa shape index (κ3) is 2.98. The molecule has 1 aliphatic heterocycles. The lowest BCUT2D eigenvalue weighted by molar-refractivity contribution is 0.102. The fraction of sp³-hybridized carbons (Fsp3) is 0.381. The first-order valence-corrected chi connectivity index (χ1v) is 9.28. The molecule has 0 fully saturated rings. The minimum atomic E-state index is -0.124. The van der Waals surface area contributed by atoms with Crippen LogP contribution in [0.3, 0.4) is 0 Å². The lowest BCUT2D eigenvalue weighted by Gasteiger charge is -2.10. The van der Waals surface area contributed by atoms with Gasteiger partial charge >= 0.3 is 0 Å². The molecule has 0 aliphatic carbocycles. The molecule has 0 spiro atoms. The maximum absolute atomic E-state index is 13.0. The molecule has 0 atom stereocenters. The van der Waals surface area contributed by atoms with Gasteiger partial charge in [0.15, 0.2) is 5.65 Å². The Labute approximate surface area is 153 Å². The van der Waals surface area contributed by atoms with Gasteiger partial charge in [0.25, 0.3) is 5.91 Å². The highest BCUT2D eigenvalue weighted by atomic mass is 16.1. The smallest absolute Gasteiger partial charge is 0.258 e. The maximum atomic E-state index is 13.0. The quantitative estimate of drug-likeness (QED) is 0.749. The van der Waals surface area contributed by atoms with Crippen molar-refractivity contribution in [2.45, 2.75) is 53.0 Å². The highest BCUT2D eigenvalue weighted by Gasteiger charge is 2.21. The zero-order valence-corrected chi connectivity index (χ0v) is 15.6. The van der Waals surface area contributed by atoms with Gasteiger partial charge in [0, 0.05) is 24.3 Å². The number of nitrogens with one attached hydrogen (secondary N) is 1. The summed E-state index contributed by atoms with van der Waals surface area (Å²) in [5.41, 5.74) is 6.08. The van der Waals surface area contributed by atoms with Gasteiger partial charge in [-0.1, -0.05) is 24.1 Å². The number of hydrogen-bond donors (Lipinski definition) is 1.